The van der Waals surface area contributed by atoms with Crippen LogP contribution in [0.5, 0.6) is 0 Å². The van der Waals surface area contributed by atoms with E-state index in [2.05, 4.69) is 5.16 Å². The number of carbonyl (C=O) groups is 1. The van der Waals surface area contributed by atoms with Gasteiger partial charge in [-0.15, -0.1) is 0 Å². The van der Waals surface area contributed by atoms with Gasteiger partial charge >= 0.3 is 0 Å². The first kappa shape index (κ1) is 19.4. The van der Waals surface area contributed by atoms with Crippen molar-refractivity contribution in [3.8, 4) is 0 Å². The number of nitrogens with zero attached hydrogens (tertiary/aromatic N) is 3. The SMILES string of the molecule is Cc1noc(C)c1S(=O)(=O)N1CCC(CC(=O)N2CCCCCC2)CC1. The van der Waals surface area contributed by atoms with Crippen LogP contribution in [-0.4, -0.2) is 54.9 Å². The van der Waals surface area contributed by atoms with Crippen LogP contribution in [0.3, 0.4) is 0 Å². The summed E-state index contributed by atoms with van der Waals surface area (Å²) in [5, 5.41) is 3.76. The third kappa shape index (κ3) is 4.11. The third-order valence-corrected chi connectivity index (χ3v) is 7.71. The zero-order valence-corrected chi connectivity index (χ0v) is 16.6. The summed E-state index contributed by atoms with van der Waals surface area (Å²) in [7, 11) is -3.58. The summed E-state index contributed by atoms with van der Waals surface area (Å²) in [6.45, 7) is 5.92. The van der Waals surface area contributed by atoms with Crippen LogP contribution in [0.2, 0.25) is 0 Å². The average molecular weight is 384 g/mol. The number of sulfonamides is 1. The molecule has 2 fully saturated rings. The Labute approximate surface area is 155 Å². The molecule has 0 aliphatic carbocycles. The maximum Gasteiger partial charge on any atom is 0.248 e. The van der Waals surface area contributed by atoms with Gasteiger partial charge in [0.05, 0.1) is 0 Å². The number of hydrogen-bond donors (Lipinski definition) is 0. The fourth-order valence-electron chi connectivity index (χ4n) is 4.02. The van der Waals surface area contributed by atoms with Crippen LogP contribution < -0.4 is 0 Å². The molecule has 0 bridgehead atoms. The smallest absolute Gasteiger partial charge is 0.248 e. The maximum atomic E-state index is 12.9. The number of aromatic nitrogens is 1. The summed E-state index contributed by atoms with van der Waals surface area (Å²) < 4.78 is 32.2. The molecule has 0 radical (unpaired) electrons. The lowest BCUT2D eigenvalue weighted by atomic mass is 9.94. The molecule has 3 heterocycles. The van der Waals surface area contributed by atoms with Gasteiger partial charge in [0, 0.05) is 32.6 Å². The Morgan fingerprint density at radius 3 is 2.23 bits per heavy atom. The van der Waals surface area contributed by atoms with Gasteiger partial charge in [0.15, 0.2) is 5.76 Å². The van der Waals surface area contributed by atoms with Crippen molar-refractivity contribution in [3.63, 3.8) is 0 Å². The van der Waals surface area contributed by atoms with Crippen LogP contribution in [0.25, 0.3) is 0 Å². The molecule has 8 heteroatoms. The van der Waals surface area contributed by atoms with E-state index in [4.69, 9.17) is 4.52 Å². The first-order chi connectivity index (χ1) is 12.4. The normalized spacial score (nSPS) is 20.9. The third-order valence-electron chi connectivity index (χ3n) is 5.56. The molecule has 0 saturated carbocycles. The highest BCUT2D eigenvalue weighted by molar-refractivity contribution is 7.89. The van der Waals surface area contributed by atoms with Gasteiger partial charge in [0.2, 0.25) is 15.9 Å². The largest absolute Gasteiger partial charge is 0.360 e. The van der Waals surface area contributed by atoms with Crippen molar-refractivity contribution < 1.29 is 17.7 Å². The minimum atomic E-state index is -3.58. The van der Waals surface area contributed by atoms with Crippen LogP contribution >= 0.6 is 0 Å². The van der Waals surface area contributed by atoms with Crippen LogP contribution in [-0.2, 0) is 14.8 Å². The Morgan fingerprint density at radius 2 is 1.69 bits per heavy atom. The second kappa shape index (κ2) is 8.08. The van der Waals surface area contributed by atoms with E-state index < -0.39 is 10.0 Å². The molecular formula is C18H29N3O4S. The molecule has 0 atom stereocenters. The molecule has 2 aliphatic rings. The van der Waals surface area contributed by atoms with Gasteiger partial charge in [-0.1, -0.05) is 18.0 Å². The number of likely N-dealkylation sites (tertiary alicyclic amines) is 1. The summed E-state index contributed by atoms with van der Waals surface area (Å²) in [6.07, 6.45) is 6.60. The molecule has 3 rings (SSSR count). The van der Waals surface area contributed by atoms with Crippen LogP contribution in [0.4, 0.5) is 0 Å². The predicted octanol–water partition coefficient (Wildman–Crippen LogP) is 2.48. The van der Waals surface area contributed by atoms with E-state index in [1.807, 2.05) is 4.90 Å². The van der Waals surface area contributed by atoms with Crippen molar-refractivity contribution >= 4 is 15.9 Å². The second-order valence-corrected chi connectivity index (χ2v) is 9.37. The maximum absolute atomic E-state index is 12.9. The number of aryl methyl sites for hydroxylation is 2. The van der Waals surface area contributed by atoms with Crippen LogP contribution in [0.1, 0.15) is 56.4 Å². The number of amides is 1. The Bertz CT molecular complexity index is 708. The zero-order valence-electron chi connectivity index (χ0n) is 15.7. The van der Waals surface area contributed by atoms with E-state index in [1.54, 1.807) is 13.8 Å². The van der Waals surface area contributed by atoms with Gasteiger partial charge in [-0.2, -0.15) is 4.31 Å². The summed E-state index contributed by atoms with van der Waals surface area (Å²) in [5.41, 5.74) is 0.404. The minimum absolute atomic E-state index is 0.191. The standard InChI is InChI=1S/C18H29N3O4S/c1-14-18(15(2)25-19-14)26(23,24)21-11-7-16(8-12-21)13-17(22)20-9-5-3-4-6-10-20/h16H,3-13H2,1-2H3. The van der Waals surface area contributed by atoms with E-state index in [0.717, 1.165) is 38.8 Å². The molecule has 146 valence electrons. The van der Waals surface area contributed by atoms with Crippen LogP contribution in [0, 0.1) is 19.8 Å². The molecule has 0 unspecified atom stereocenters. The molecule has 0 spiro atoms. The highest BCUT2D eigenvalue weighted by atomic mass is 32.2. The lowest BCUT2D eigenvalue weighted by molar-refractivity contribution is -0.132. The van der Waals surface area contributed by atoms with Gasteiger partial charge in [-0.25, -0.2) is 8.42 Å². The Kier molecular flexibility index (Phi) is 6.02. The van der Waals surface area contributed by atoms with Gasteiger partial charge in [-0.05, 0) is 45.4 Å². The molecule has 1 aromatic rings. The second-order valence-electron chi connectivity index (χ2n) is 7.50. The van der Waals surface area contributed by atoms with E-state index in [-0.39, 0.29) is 16.7 Å². The highest BCUT2D eigenvalue weighted by Crippen LogP contribution is 2.29. The van der Waals surface area contributed by atoms with Gasteiger partial charge < -0.3 is 9.42 Å². The van der Waals surface area contributed by atoms with Gasteiger partial charge in [0.25, 0.3) is 0 Å². The molecule has 1 amide bonds. The molecule has 2 saturated heterocycles. The quantitative estimate of drug-likeness (QED) is 0.797. The van der Waals surface area contributed by atoms with Crippen molar-refractivity contribution in [1.82, 2.24) is 14.4 Å². The van der Waals surface area contributed by atoms with Crippen molar-refractivity contribution in [2.75, 3.05) is 26.2 Å². The average Bonchev–Trinajstić information content (AvgIpc) is 2.81. The van der Waals surface area contributed by atoms with Gasteiger partial charge in [0.1, 0.15) is 10.6 Å². The zero-order chi connectivity index (χ0) is 18.7. The lowest BCUT2D eigenvalue weighted by Gasteiger charge is -2.32. The Morgan fingerprint density at radius 1 is 1.08 bits per heavy atom. The summed E-state index contributed by atoms with van der Waals surface area (Å²) in [5.74, 6) is 0.835. The molecule has 0 aromatic carbocycles. The summed E-state index contributed by atoms with van der Waals surface area (Å²) >= 11 is 0. The van der Waals surface area contributed by atoms with Crippen molar-refractivity contribution in [2.24, 2.45) is 5.92 Å². The number of rotatable bonds is 4. The molecule has 2 aliphatic heterocycles. The molecule has 7 nitrogen and oxygen atoms in total. The topological polar surface area (TPSA) is 83.7 Å². The Hall–Kier alpha value is -1.41. The number of piperidine rings is 1. The van der Waals surface area contributed by atoms with Crippen LogP contribution in [0.15, 0.2) is 9.42 Å². The fraction of sp³-hybridized carbons (Fsp3) is 0.778. The first-order valence-corrected chi connectivity index (χ1v) is 11.0. The molecule has 0 N–H and O–H groups in total. The van der Waals surface area contributed by atoms with E-state index in [9.17, 15) is 13.2 Å². The molecular weight excluding hydrogens is 354 g/mol. The monoisotopic (exact) mass is 383 g/mol. The van der Waals surface area contributed by atoms with E-state index >= 15 is 0 Å². The Balaban J connectivity index is 1.56. The lowest BCUT2D eigenvalue weighted by Crippen LogP contribution is -2.40. The fourth-order valence-corrected chi connectivity index (χ4v) is 5.78. The minimum Gasteiger partial charge on any atom is -0.360 e. The molecule has 26 heavy (non-hydrogen) atoms. The highest BCUT2D eigenvalue weighted by Gasteiger charge is 2.34. The number of carbonyl (C=O) groups excluding carboxylic acids is 1. The summed E-state index contributed by atoms with van der Waals surface area (Å²) in [4.78, 5) is 14.7. The summed E-state index contributed by atoms with van der Waals surface area (Å²) in [6, 6.07) is 0. The van der Waals surface area contributed by atoms with Crippen molar-refractivity contribution in [3.05, 3.63) is 11.5 Å². The predicted molar refractivity (Wildman–Crippen MR) is 97.1 cm³/mol. The first-order valence-electron chi connectivity index (χ1n) is 9.60. The number of hydrogen-bond acceptors (Lipinski definition) is 5. The van der Waals surface area contributed by atoms with Crippen molar-refractivity contribution in [1.29, 1.82) is 0 Å². The van der Waals surface area contributed by atoms with Gasteiger partial charge in [-0.3, -0.25) is 4.79 Å². The van der Waals surface area contributed by atoms with Crippen molar-refractivity contribution in [2.45, 2.75) is 63.7 Å². The van der Waals surface area contributed by atoms with E-state index in [1.165, 1.54) is 17.1 Å². The van der Waals surface area contributed by atoms with E-state index in [0.29, 0.717) is 31.0 Å². The molecule has 1 aromatic heterocycles.